The SMILES string of the molecule is Cc1c(C(C)(C)C)c(F)cc2ccccc12.Cc1c(C(C)(C)C)cc(C2CCC(C)(C)CC2)c2ccccc12.Cc1c(C(C)(C)C)cc(C2CCC(F)(F)CC2)c2ccccc12.Cc1ccc2c(C)c(C(C)(C)C)cc(C(C)(C)C)c2n1.Cc1oc(C(C)(C)C)c(C)c1C.Cc1sc(C(C)(C)C)c(C)c1C. The maximum Gasteiger partial charge on any atom is 0.248 e. The summed E-state index contributed by atoms with van der Waals surface area (Å²) in [6.45, 7) is 75.5. The Balaban J connectivity index is 0.000000181. The van der Waals surface area contributed by atoms with Crippen LogP contribution in [0.25, 0.3) is 43.2 Å². The molecule has 0 unspecified atom stereocenters. The van der Waals surface area contributed by atoms with Crippen molar-refractivity contribution in [3.63, 3.8) is 0 Å². The van der Waals surface area contributed by atoms with Gasteiger partial charge in [-0.1, -0.05) is 256 Å². The number of thiophene rings is 1. The van der Waals surface area contributed by atoms with E-state index in [0.717, 1.165) is 45.0 Å². The first-order valence-electron chi connectivity index (χ1n) is 39.7. The van der Waals surface area contributed by atoms with Gasteiger partial charge in [-0.05, 0) is 292 Å². The van der Waals surface area contributed by atoms with Gasteiger partial charge in [0.1, 0.15) is 17.3 Å². The lowest BCUT2D eigenvalue weighted by Crippen LogP contribution is -2.24. The molecule has 2 saturated carbocycles. The molecule has 6 heteroatoms. The van der Waals surface area contributed by atoms with E-state index in [1.165, 1.54) is 135 Å². The van der Waals surface area contributed by atoms with Crippen LogP contribution in [0.1, 0.15) is 333 Å². The maximum atomic E-state index is 14.1. The summed E-state index contributed by atoms with van der Waals surface area (Å²) in [6.07, 6.45) is 6.59. The number of pyridine rings is 1. The second-order valence-corrected chi connectivity index (χ2v) is 40.9. The molecule has 3 aromatic heterocycles. The van der Waals surface area contributed by atoms with Gasteiger partial charge in [0.25, 0.3) is 0 Å². The molecule has 576 valence electrons. The molecule has 0 saturated heterocycles. The van der Waals surface area contributed by atoms with Gasteiger partial charge in [0.05, 0.1) is 5.52 Å². The van der Waals surface area contributed by atoms with Gasteiger partial charge in [0.2, 0.25) is 5.92 Å². The molecule has 2 nitrogen and oxygen atoms in total. The second-order valence-electron chi connectivity index (χ2n) is 39.7. The Morgan fingerprint density at radius 3 is 1.16 bits per heavy atom. The minimum Gasteiger partial charge on any atom is -0.465 e. The molecule has 2 aliphatic carbocycles. The molecule has 0 spiro atoms. The van der Waals surface area contributed by atoms with Crippen LogP contribution in [-0.2, 0) is 37.9 Å². The standard InChI is InChI=1S/C23H32.C21H26F2.C19H27N.C15H17F.C11H18O.C11H18S/c1-16-18-9-7-8-10-19(18)20(15-21(16)22(2,3)4)17-11-13-23(5,6)14-12-17;1-14-16-7-5-6-8-17(16)18(13-19(14)20(2,3)4)15-9-11-21(22,23)12-10-15;1-12-9-10-14-13(2)15(18(3,4)5)11-16(17(14)20-12)19(6,7)8;1-10-12-8-6-5-7-11(12)9-13(16)14(10)15(2,3)4;2*1-7-8(2)10(11(4,5)6)12-9(7)3/h7-10,15,17H,11-14H2,1-6H3;5-8,13,15H,9-12H2,1-4H3;9-11H,1-8H3;5-9H,1-4H3;2*1-6H3. The van der Waals surface area contributed by atoms with Gasteiger partial charge in [0.15, 0.2) is 0 Å². The van der Waals surface area contributed by atoms with Crippen LogP contribution in [0.4, 0.5) is 13.2 Å². The van der Waals surface area contributed by atoms with Crippen LogP contribution in [0.3, 0.4) is 0 Å². The highest BCUT2D eigenvalue weighted by Gasteiger charge is 2.37. The molecule has 0 amide bonds. The van der Waals surface area contributed by atoms with Crippen LogP contribution in [0.15, 0.2) is 114 Å². The predicted octanol–water partition coefficient (Wildman–Crippen LogP) is 31.4. The first kappa shape index (κ1) is 86.7. The molecule has 3 heterocycles. The highest BCUT2D eigenvalue weighted by atomic mass is 32.1. The first-order valence-corrected chi connectivity index (χ1v) is 40.5. The highest BCUT2D eigenvalue weighted by Crippen LogP contribution is 2.48. The third kappa shape index (κ3) is 20.7. The maximum absolute atomic E-state index is 14.1. The van der Waals surface area contributed by atoms with Crippen molar-refractivity contribution in [1.29, 1.82) is 0 Å². The Morgan fingerprint density at radius 2 is 0.792 bits per heavy atom. The number of benzene rings is 7. The molecule has 0 bridgehead atoms. The largest absolute Gasteiger partial charge is 0.465 e. The van der Waals surface area contributed by atoms with Crippen molar-refractivity contribution in [2.75, 3.05) is 0 Å². The van der Waals surface area contributed by atoms with E-state index in [1.807, 2.05) is 64.2 Å². The van der Waals surface area contributed by atoms with Crippen molar-refractivity contribution in [1.82, 2.24) is 4.98 Å². The van der Waals surface area contributed by atoms with Gasteiger partial charge < -0.3 is 4.42 Å². The van der Waals surface area contributed by atoms with E-state index in [0.29, 0.717) is 23.7 Å². The van der Waals surface area contributed by atoms with E-state index in [1.54, 1.807) is 11.6 Å². The van der Waals surface area contributed by atoms with E-state index in [9.17, 15) is 13.2 Å². The number of alkyl halides is 2. The van der Waals surface area contributed by atoms with Crippen molar-refractivity contribution in [2.45, 2.75) is 342 Å². The molecule has 0 atom stereocenters. The van der Waals surface area contributed by atoms with Crippen LogP contribution in [0.5, 0.6) is 0 Å². The van der Waals surface area contributed by atoms with Gasteiger partial charge in [-0.2, -0.15) is 0 Å². The number of furan rings is 1. The average molecular weight is 1460 g/mol. The fourth-order valence-electron chi connectivity index (χ4n) is 16.6. The van der Waals surface area contributed by atoms with E-state index >= 15 is 0 Å². The summed E-state index contributed by atoms with van der Waals surface area (Å²) in [4.78, 5) is 7.84. The topological polar surface area (TPSA) is 26.0 Å². The number of aromatic nitrogens is 1. The molecule has 10 aromatic rings. The number of hydrogen-bond acceptors (Lipinski definition) is 3. The second kappa shape index (κ2) is 32.6. The normalized spacial score (nSPS) is 15.4. The molecule has 12 rings (SSSR count). The van der Waals surface area contributed by atoms with Crippen LogP contribution in [0.2, 0.25) is 0 Å². The zero-order chi connectivity index (χ0) is 79.9. The zero-order valence-corrected chi connectivity index (χ0v) is 73.4. The number of aryl methyl sites for hydroxylation is 7. The van der Waals surface area contributed by atoms with Crippen LogP contribution in [0, 0.1) is 87.4 Å². The molecular weight excluding hydrogens is 1320 g/mol. The lowest BCUT2D eigenvalue weighted by Gasteiger charge is -2.36. The number of halogens is 3. The van der Waals surface area contributed by atoms with E-state index < -0.39 is 5.92 Å². The minimum absolute atomic E-state index is 0.0186. The summed E-state index contributed by atoms with van der Waals surface area (Å²) in [5.74, 6) is 0.596. The van der Waals surface area contributed by atoms with Crippen molar-refractivity contribution < 1.29 is 17.6 Å². The summed E-state index contributed by atoms with van der Waals surface area (Å²) < 4.78 is 46.9. The summed E-state index contributed by atoms with van der Waals surface area (Å²) in [5, 5.41) is 8.88. The number of nitrogens with zero attached hydrogens (tertiary/aromatic N) is 1. The Labute approximate surface area is 646 Å². The highest BCUT2D eigenvalue weighted by molar-refractivity contribution is 7.12. The van der Waals surface area contributed by atoms with Gasteiger partial charge in [-0.3, -0.25) is 4.98 Å². The van der Waals surface area contributed by atoms with Crippen molar-refractivity contribution in [3.05, 3.63) is 225 Å². The summed E-state index contributed by atoms with van der Waals surface area (Å²) in [6, 6.07) is 38.7. The summed E-state index contributed by atoms with van der Waals surface area (Å²) >= 11 is 1.95. The van der Waals surface area contributed by atoms with E-state index in [2.05, 4.69) is 286 Å². The fraction of sp³-hybridized carbons (Fsp3) is 0.530. The molecule has 2 aliphatic rings. The van der Waals surface area contributed by atoms with Crippen LogP contribution in [-0.4, -0.2) is 10.9 Å². The quantitative estimate of drug-likeness (QED) is 0.172. The molecule has 7 aromatic carbocycles. The Morgan fingerprint density at radius 1 is 0.387 bits per heavy atom. The number of rotatable bonds is 2. The Kier molecular flexibility index (Phi) is 26.7. The summed E-state index contributed by atoms with van der Waals surface area (Å²) in [5.41, 5.74) is 23.7. The molecule has 0 aliphatic heterocycles. The van der Waals surface area contributed by atoms with Crippen LogP contribution >= 0.6 is 11.3 Å². The molecule has 0 N–H and O–H groups in total. The van der Waals surface area contributed by atoms with Crippen molar-refractivity contribution in [2.24, 2.45) is 5.41 Å². The smallest absolute Gasteiger partial charge is 0.248 e. The Bertz CT molecular complexity index is 4510. The number of fused-ring (bicyclic) bond motifs is 4. The zero-order valence-electron chi connectivity index (χ0n) is 72.6. The lowest BCUT2D eigenvalue weighted by molar-refractivity contribution is -0.0381. The first-order chi connectivity index (χ1) is 48.5. The van der Waals surface area contributed by atoms with Gasteiger partial charge in [-0.25, -0.2) is 13.2 Å². The van der Waals surface area contributed by atoms with E-state index in [4.69, 9.17) is 9.40 Å². The Hall–Kier alpha value is -6.50. The van der Waals surface area contributed by atoms with Gasteiger partial charge in [-0.15, -0.1) is 11.3 Å². The molecule has 0 radical (unpaired) electrons. The fourth-order valence-corrected chi connectivity index (χ4v) is 17.8. The predicted molar refractivity (Wildman–Crippen MR) is 461 cm³/mol. The molecule has 2 fully saturated rings. The summed E-state index contributed by atoms with van der Waals surface area (Å²) in [7, 11) is 0. The van der Waals surface area contributed by atoms with Crippen molar-refractivity contribution >= 4 is 54.6 Å². The van der Waals surface area contributed by atoms with E-state index in [-0.39, 0.29) is 57.1 Å². The minimum atomic E-state index is -2.47. The average Bonchev–Trinajstić information content (AvgIpc) is 1.03. The lowest BCUT2D eigenvalue weighted by atomic mass is 9.69. The van der Waals surface area contributed by atoms with Gasteiger partial charge >= 0.3 is 0 Å². The number of hydrogen-bond donors (Lipinski definition) is 0. The van der Waals surface area contributed by atoms with Gasteiger partial charge in [0, 0.05) is 39.1 Å². The third-order valence-electron chi connectivity index (χ3n) is 23.0. The van der Waals surface area contributed by atoms with Crippen molar-refractivity contribution in [3.8, 4) is 0 Å². The van der Waals surface area contributed by atoms with Crippen LogP contribution < -0.4 is 0 Å². The monoisotopic (exact) mass is 1460 g/mol. The third-order valence-corrected chi connectivity index (χ3v) is 24.7. The molecular formula is C100H138F3NOS. The molecule has 106 heavy (non-hydrogen) atoms.